The molecular weight excluding hydrogens is 348 g/mol. The van der Waals surface area contributed by atoms with Crippen LogP contribution in [0.4, 0.5) is 0 Å². The quantitative estimate of drug-likeness (QED) is 0.730. The van der Waals surface area contributed by atoms with E-state index >= 15 is 0 Å². The fourth-order valence-electron chi connectivity index (χ4n) is 3.63. The summed E-state index contributed by atoms with van der Waals surface area (Å²) in [6, 6.07) is 16.6. The summed E-state index contributed by atoms with van der Waals surface area (Å²) in [6.07, 6.45) is 0. The molecule has 2 aromatic rings. The van der Waals surface area contributed by atoms with Gasteiger partial charge in [0.1, 0.15) is 0 Å². The molecule has 0 aromatic heterocycles. The van der Waals surface area contributed by atoms with Gasteiger partial charge in [0.25, 0.3) is 0 Å². The Morgan fingerprint density at radius 2 is 1.57 bits per heavy atom. The minimum absolute atomic E-state index is 0.0282. The first-order chi connectivity index (χ1) is 13.6. The van der Waals surface area contributed by atoms with E-state index in [0.29, 0.717) is 24.8 Å². The molecule has 2 aromatic carbocycles. The Bertz CT molecular complexity index is 812. The van der Waals surface area contributed by atoms with Gasteiger partial charge >= 0.3 is 0 Å². The largest absolute Gasteiger partial charge is 0.490 e. The van der Waals surface area contributed by atoms with Crippen molar-refractivity contribution < 1.29 is 4.74 Å². The average molecular weight is 381 g/mol. The molecule has 0 amide bonds. The molecule has 1 aliphatic heterocycles. The normalized spacial score (nSPS) is 15.7. The van der Waals surface area contributed by atoms with Crippen LogP contribution in [0.3, 0.4) is 0 Å². The molecule has 4 heteroatoms. The molecule has 0 spiro atoms. The van der Waals surface area contributed by atoms with Crippen LogP contribution in [-0.2, 0) is 13.1 Å². The molecule has 1 fully saturated rings. The second kappa shape index (κ2) is 9.85. The molecule has 28 heavy (non-hydrogen) atoms. The predicted octanol–water partition coefficient (Wildman–Crippen LogP) is 3.89. The van der Waals surface area contributed by atoms with Gasteiger partial charge in [-0.1, -0.05) is 56.3 Å². The molecule has 1 aliphatic rings. The van der Waals surface area contributed by atoms with E-state index in [1.54, 1.807) is 0 Å². The van der Waals surface area contributed by atoms with E-state index in [1.165, 1.54) is 5.56 Å². The third-order valence-electron chi connectivity index (χ3n) is 5.36. The van der Waals surface area contributed by atoms with Crippen molar-refractivity contribution in [1.29, 1.82) is 0 Å². The highest BCUT2D eigenvalue weighted by Crippen LogP contribution is 2.18. The molecule has 150 valence electrons. The van der Waals surface area contributed by atoms with Crippen molar-refractivity contribution in [3.63, 3.8) is 0 Å². The van der Waals surface area contributed by atoms with Crippen molar-refractivity contribution in [3.05, 3.63) is 75.4 Å². The number of hydrogen-bond acceptors (Lipinski definition) is 4. The van der Waals surface area contributed by atoms with Gasteiger partial charge in [-0.2, -0.15) is 0 Å². The molecule has 0 radical (unpaired) electrons. The summed E-state index contributed by atoms with van der Waals surface area (Å²) in [5.74, 6) is 0.842. The summed E-state index contributed by atoms with van der Waals surface area (Å²) in [5, 5.41) is 0. The lowest BCUT2D eigenvalue weighted by Gasteiger charge is -2.34. The summed E-state index contributed by atoms with van der Waals surface area (Å²) >= 11 is 0. The smallest absolute Gasteiger partial charge is 0.224 e. The van der Waals surface area contributed by atoms with E-state index in [9.17, 15) is 4.79 Å². The zero-order valence-electron chi connectivity index (χ0n) is 17.4. The molecular formula is C24H32N2O2. The van der Waals surface area contributed by atoms with Gasteiger partial charge < -0.3 is 4.74 Å². The molecule has 1 heterocycles. The number of rotatable bonds is 7. The van der Waals surface area contributed by atoms with Crippen molar-refractivity contribution in [2.45, 2.75) is 39.8 Å². The van der Waals surface area contributed by atoms with Crippen LogP contribution in [-0.4, -0.2) is 42.6 Å². The first kappa shape index (κ1) is 20.6. The summed E-state index contributed by atoms with van der Waals surface area (Å²) in [6.45, 7) is 12.4. The van der Waals surface area contributed by atoms with E-state index in [4.69, 9.17) is 4.74 Å². The van der Waals surface area contributed by atoms with E-state index in [1.807, 2.05) is 19.1 Å². The van der Waals surface area contributed by atoms with Gasteiger partial charge in [-0.05, 0) is 30.0 Å². The average Bonchev–Trinajstić information content (AvgIpc) is 2.85. The molecule has 0 unspecified atom stereocenters. The third kappa shape index (κ3) is 5.43. The predicted molar refractivity (Wildman–Crippen MR) is 115 cm³/mol. The topological polar surface area (TPSA) is 32.8 Å². The molecule has 0 atom stereocenters. The van der Waals surface area contributed by atoms with Crippen LogP contribution >= 0.6 is 0 Å². The maximum atomic E-state index is 13.0. The Hall–Kier alpha value is -2.17. The van der Waals surface area contributed by atoms with Crippen molar-refractivity contribution in [2.75, 3.05) is 32.8 Å². The van der Waals surface area contributed by atoms with Crippen LogP contribution < -0.4 is 10.2 Å². The Balaban J connectivity index is 1.66. The van der Waals surface area contributed by atoms with Crippen LogP contribution in [0.5, 0.6) is 5.75 Å². The SMILES string of the molecule is CCOc1cc(C(C)C)ccc(CN2CCN(Cc3ccccc3)CC2)c1=O. The Morgan fingerprint density at radius 1 is 0.929 bits per heavy atom. The summed E-state index contributed by atoms with van der Waals surface area (Å²) < 4.78 is 5.66. The summed E-state index contributed by atoms with van der Waals surface area (Å²) in [4.78, 5) is 17.8. The minimum Gasteiger partial charge on any atom is -0.490 e. The van der Waals surface area contributed by atoms with E-state index in [2.05, 4.69) is 60.0 Å². The highest BCUT2D eigenvalue weighted by Gasteiger charge is 2.18. The Morgan fingerprint density at radius 3 is 2.18 bits per heavy atom. The molecule has 1 saturated heterocycles. The molecule has 0 aliphatic carbocycles. The fraction of sp³-hybridized carbons (Fsp3) is 0.458. The lowest BCUT2D eigenvalue weighted by atomic mass is 10.1. The number of piperazine rings is 1. The zero-order valence-corrected chi connectivity index (χ0v) is 17.4. The zero-order chi connectivity index (χ0) is 19.9. The lowest BCUT2D eigenvalue weighted by molar-refractivity contribution is 0.121. The fourth-order valence-corrected chi connectivity index (χ4v) is 3.63. The third-order valence-corrected chi connectivity index (χ3v) is 5.36. The first-order valence-electron chi connectivity index (χ1n) is 10.4. The highest BCUT2D eigenvalue weighted by molar-refractivity contribution is 5.33. The Labute approximate surface area is 168 Å². The molecule has 4 nitrogen and oxygen atoms in total. The summed E-state index contributed by atoms with van der Waals surface area (Å²) in [5.41, 5.74) is 3.35. The second-order valence-electron chi connectivity index (χ2n) is 7.82. The number of hydrogen-bond donors (Lipinski definition) is 0. The van der Waals surface area contributed by atoms with Gasteiger partial charge in [-0.15, -0.1) is 0 Å². The van der Waals surface area contributed by atoms with E-state index in [-0.39, 0.29) is 5.43 Å². The van der Waals surface area contributed by atoms with Crippen LogP contribution in [0, 0.1) is 0 Å². The van der Waals surface area contributed by atoms with Crippen molar-refractivity contribution in [3.8, 4) is 5.75 Å². The van der Waals surface area contributed by atoms with Crippen LogP contribution in [0.2, 0.25) is 0 Å². The number of benzene rings is 1. The maximum absolute atomic E-state index is 13.0. The van der Waals surface area contributed by atoms with Gasteiger partial charge in [-0.3, -0.25) is 14.6 Å². The second-order valence-corrected chi connectivity index (χ2v) is 7.82. The number of ether oxygens (including phenoxy) is 1. The molecule has 0 saturated carbocycles. The van der Waals surface area contributed by atoms with Gasteiger partial charge in [0, 0.05) is 44.8 Å². The molecule has 3 rings (SSSR count). The van der Waals surface area contributed by atoms with Crippen LogP contribution in [0.15, 0.2) is 53.3 Å². The van der Waals surface area contributed by atoms with E-state index in [0.717, 1.165) is 43.9 Å². The maximum Gasteiger partial charge on any atom is 0.224 e. The summed E-state index contributed by atoms with van der Waals surface area (Å²) in [7, 11) is 0. The van der Waals surface area contributed by atoms with Crippen molar-refractivity contribution >= 4 is 0 Å². The molecule has 0 bridgehead atoms. The van der Waals surface area contributed by atoms with E-state index < -0.39 is 0 Å². The van der Waals surface area contributed by atoms with Crippen LogP contribution in [0.1, 0.15) is 43.4 Å². The van der Waals surface area contributed by atoms with Gasteiger partial charge in [0.2, 0.25) is 5.43 Å². The number of nitrogens with zero attached hydrogens (tertiary/aromatic N) is 2. The first-order valence-corrected chi connectivity index (χ1v) is 10.4. The van der Waals surface area contributed by atoms with Gasteiger partial charge in [0.05, 0.1) is 6.61 Å². The van der Waals surface area contributed by atoms with Crippen molar-refractivity contribution in [2.24, 2.45) is 0 Å². The van der Waals surface area contributed by atoms with Crippen molar-refractivity contribution in [1.82, 2.24) is 9.80 Å². The van der Waals surface area contributed by atoms with Gasteiger partial charge in [0.15, 0.2) is 5.75 Å². The van der Waals surface area contributed by atoms with Crippen LogP contribution in [0.25, 0.3) is 0 Å². The lowest BCUT2D eigenvalue weighted by Crippen LogP contribution is -2.45. The monoisotopic (exact) mass is 380 g/mol. The molecule has 0 N–H and O–H groups in total. The standard InChI is InChI=1S/C24H32N2O2/c1-4-28-23-16-21(19(2)3)10-11-22(24(23)27)18-26-14-12-25(13-15-26)17-20-8-6-5-7-9-20/h5-11,16,19H,4,12-15,17-18H2,1-3H3. The highest BCUT2D eigenvalue weighted by atomic mass is 16.5. The Kier molecular flexibility index (Phi) is 7.24. The van der Waals surface area contributed by atoms with Gasteiger partial charge in [-0.25, -0.2) is 0 Å². The minimum atomic E-state index is 0.0282.